The second-order valence-electron chi connectivity index (χ2n) is 4.97. The van der Waals surface area contributed by atoms with Crippen molar-refractivity contribution in [1.29, 1.82) is 0 Å². The molecular formula is C17H20N2O2. The van der Waals surface area contributed by atoms with Crippen LogP contribution >= 0.6 is 0 Å². The summed E-state index contributed by atoms with van der Waals surface area (Å²) in [4.78, 5) is 18.3. The van der Waals surface area contributed by atoms with Crippen molar-refractivity contribution in [3.63, 3.8) is 0 Å². The zero-order chi connectivity index (χ0) is 15.1. The van der Waals surface area contributed by atoms with Crippen molar-refractivity contribution in [2.24, 2.45) is 0 Å². The van der Waals surface area contributed by atoms with E-state index in [1.54, 1.807) is 25.6 Å². The van der Waals surface area contributed by atoms with Gasteiger partial charge in [-0.3, -0.25) is 14.7 Å². The molecule has 0 N–H and O–H groups in total. The summed E-state index contributed by atoms with van der Waals surface area (Å²) >= 11 is 0. The highest BCUT2D eigenvalue weighted by molar-refractivity contribution is 6.00. The Balaban J connectivity index is 1.90. The second-order valence-corrected chi connectivity index (χ2v) is 4.97. The van der Waals surface area contributed by atoms with Crippen LogP contribution in [0.15, 0.2) is 48.8 Å². The van der Waals surface area contributed by atoms with Gasteiger partial charge in [0.05, 0.1) is 19.2 Å². The SMILES string of the molecule is COc1ccccc1C(=O)CN(C)CCc1ccncc1. The van der Waals surface area contributed by atoms with Crippen molar-refractivity contribution < 1.29 is 9.53 Å². The summed E-state index contributed by atoms with van der Waals surface area (Å²) in [5.74, 6) is 0.703. The van der Waals surface area contributed by atoms with Crippen LogP contribution in [0.3, 0.4) is 0 Å². The molecule has 0 aliphatic rings. The largest absolute Gasteiger partial charge is 0.496 e. The minimum Gasteiger partial charge on any atom is -0.496 e. The van der Waals surface area contributed by atoms with Gasteiger partial charge in [0.25, 0.3) is 0 Å². The zero-order valence-electron chi connectivity index (χ0n) is 12.5. The second kappa shape index (κ2) is 7.55. The van der Waals surface area contributed by atoms with E-state index in [9.17, 15) is 4.79 Å². The lowest BCUT2D eigenvalue weighted by Gasteiger charge is -2.16. The van der Waals surface area contributed by atoms with E-state index >= 15 is 0 Å². The number of hydrogen-bond donors (Lipinski definition) is 0. The molecule has 0 aliphatic heterocycles. The van der Waals surface area contributed by atoms with Crippen molar-refractivity contribution >= 4 is 5.78 Å². The monoisotopic (exact) mass is 284 g/mol. The summed E-state index contributed by atoms with van der Waals surface area (Å²) in [5, 5.41) is 0. The highest BCUT2D eigenvalue weighted by Gasteiger charge is 2.13. The third-order valence-corrected chi connectivity index (χ3v) is 3.35. The highest BCUT2D eigenvalue weighted by atomic mass is 16.5. The molecule has 0 fully saturated rings. The highest BCUT2D eigenvalue weighted by Crippen LogP contribution is 2.18. The zero-order valence-corrected chi connectivity index (χ0v) is 12.5. The van der Waals surface area contributed by atoms with Crippen LogP contribution in [0.4, 0.5) is 0 Å². The third-order valence-electron chi connectivity index (χ3n) is 3.35. The van der Waals surface area contributed by atoms with Crippen molar-refractivity contribution in [1.82, 2.24) is 9.88 Å². The maximum Gasteiger partial charge on any atom is 0.180 e. The number of likely N-dealkylation sites (N-methyl/N-ethyl adjacent to an activating group) is 1. The topological polar surface area (TPSA) is 42.4 Å². The molecule has 4 nitrogen and oxygen atoms in total. The molecule has 21 heavy (non-hydrogen) atoms. The summed E-state index contributed by atoms with van der Waals surface area (Å²) in [6.45, 7) is 1.20. The lowest BCUT2D eigenvalue weighted by atomic mass is 10.1. The molecule has 0 bridgehead atoms. The Kier molecular flexibility index (Phi) is 5.46. The van der Waals surface area contributed by atoms with Gasteiger partial charge in [-0.1, -0.05) is 12.1 Å². The standard InChI is InChI=1S/C17H20N2O2/c1-19(12-9-14-7-10-18-11-8-14)13-16(20)15-5-3-4-6-17(15)21-2/h3-8,10-11H,9,12-13H2,1-2H3. The Hall–Kier alpha value is -2.20. The molecule has 1 heterocycles. The van der Waals surface area contributed by atoms with Gasteiger partial charge in [-0.05, 0) is 43.3 Å². The van der Waals surface area contributed by atoms with E-state index in [1.807, 2.05) is 42.3 Å². The molecule has 4 heteroatoms. The number of carbonyl (C=O) groups is 1. The molecule has 0 unspecified atom stereocenters. The first kappa shape index (κ1) is 15.2. The van der Waals surface area contributed by atoms with Gasteiger partial charge < -0.3 is 4.74 Å². The average molecular weight is 284 g/mol. The van der Waals surface area contributed by atoms with Crippen LogP contribution in [0.25, 0.3) is 0 Å². The first-order valence-corrected chi connectivity index (χ1v) is 6.94. The van der Waals surface area contributed by atoms with Gasteiger partial charge in [-0.15, -0.1) is 0 Å². The lowest BCUT2D eigenvalue weighted by molar-refractivity contribution is 0.0944. The van der Waals surface area contributed by atoms with E-state index in [-0.39, 0.29) is 5.78 Å². The number of para-hydroxylation sites is 1. The molecule has 0 saturated heterocycles. The average Bonchev–Trinajstić information content (AvgIpc) is 2.53. The van der Waals surface area contributed by atoms with Gasteiger partial charge in [0, 0.05) is 18.9 Å². The number of aromatic nitrogens is 1. The summed E-state index contributed by atoms with van der Waals surface area (Å²) in [7, 11) is 3.54. The third kappa shape index (κ3) is 4.39. The van der Waals surface area contributed by atoms with Crippen LogP contribution in [0.5, 0.6) is 5.75 Å². The molecule has 0 saturated carbocycles. The fourth-order valence-corrected chi connectivity index (χ4v) is 2.15. The Morgan fingerprint density at radius 1 is 1.19 bits per heavy atom. The number of ketones is 1. The van der Waals surface area contributed by atoms with Crippen LogP contribution in [-0.2, 0) is 6.42 Å². The first-order chi connectivity index (χ1) is 10.2. The number of ether oxygens (including phenoxy) is 1. The lowest BCUT2D eigenvalue weighted by Crippen LogP contribution is -2.28. The number of carbonyl (C=O) groups excluding carboxylic acids is 1. The Bertz CT molecular complexity index is 584. The summed E-state index contributed by atoms with van der Waals surface area (Å²) in [6.07, 6.45) is 4.48. The predicted molar refractivity (Wildman–Crippen MR) is 82.8 cm³/mol. The number of benzene rings is 1. The van der Waals surface area contributed by atoms with Crippen LogP contribution in [-0.4, -0.2) is 42.9 Å². The molecule has 0 radical (unpaired) electrons. The number of pyridine rings is 1. The number of methoxy groups -OCH3 is 1. The molecule has 110 valence electrons. The summed E-state index contributed by atoms with van der Waals surface area (Å²) in [6, 6.07) is 11.3. The van der Waals surface area contributed by atoms with Gasteiger partial charge in [-0.25, -0.2) is 0 Å². The first-order valence-electron chi connectivity index (χ1n) is 6.94. The van der Waals surface area contributed by atoms with E-state index in [0.29, 0.717) is 17.9 Å². The Morgan fingerprint density at radius 3 is 2.62 bits per heavy atom. The van der Waals surface area contributed by atoms with E-state index in [4.69, 9.17) is 4.74 Å². The van der Waals surface area contributed by atoms with E-state index in [2.05, 4.69) is 4.98 Å². The van der Waals surface area contributed by atoms with Crippen LogP contribution in [0.2, 0.25) is 0 Å². The van der Waals surface area contributed by atoms with Crippen molar-refractivity contribution in [3.05, 3.63) is 59.9 Å². The Morgan fingerprint density at radius 2 is 1.90 bits per heavy atom. The van der Waals surface area contributed by atoms with E-state index in [0.717, 1.165) is 13.0 Å². The van der Waals surface area contributed by atoms with Crippen LogP contribution < -0.4 is 4.74 Å². The van der Waals surface area contributed by atoms with Crippen molar-refractivity contribution in [2.75, 3.05) is 27.2 Å². The molecule has 0 amide bonds. The molecule has 0 spiro atoms. The molecule has 0 aliphatic carbocycles. The van der Waals surface area contributed by atoms with E-state index in [1.165, 1.54) is 5.56 Å². The van der Waals surface area contributed by atoms with Crippen molar-refractivity contribution in [2.45, 2.75) is 6.42 Å². The predicted octanol–water partition coefficient (Wildman–Crippen LogP) is 2.45. The molecule has 2 aromatic rings. The van der Waals surface area contributed by atoms with Crippen LogP contribution in [0, 0.1) is 0 Å². The molecule has 1 aromatic heterocycles. The molecule has 2 rings (SSSR count). The van der Waals surface area contributed by atoms with Crippen LogP contribution in [0.1, 0.15) is 15.9 Å². The maximum absolute atomic E-state index is 12.3. The number of rotatable bonds is 7. The van der Waals surface area contributed by atoms with Gasteiger partial charge in [-0.2, -0.15) is 0 Å². The number of Topliss-reactive ketones (excluding diaryl/α,β-unsaturated/α-hetero) is 1. The fraction of sp³-hybridized carbons (Fsp3) is 0.294. The quantitative estimate of drug-likeness (QED) is 0.732. The fourth-order valence-electron chi connectivity index (χ4n) is 2.15. The normalized spacial score (nSPS) is 10.6. The smallest absolute Gasteiger partial charge is 0.180 e. The van der Waals surface area contributed by atoms with Crippen molar-refractivity contribution in [3.8, 4) is 5.75 Å². The molecule has 1 aromatic carbocycles. The van der Waals surface area contributed by atoms with Gasteiger partial charge in [0.1, 0.15) is 5.75 Å². The van der Waals surface area contributed by atoms with Gasteiger partial charge >= 0.3 is 0 Å². The summed E-state index contributed by atoms with van der Waals surface area (Å²) < 4.78 is 5.23. The minimum absolute atomic E-state index is 0.0738. The summed E-state index contributed by atoms with van der Waals surface area (Å²) in [5.41, 5.74) is 1.86. The number of hydrogen-bond acceptors (Lipinski definition) is 4. The van der Waals surface area contributed by atoms with Gasteiger partial charge in [0.2, 0.25) is 0 Å². The molecular weight excluding hydrogens is 264 g/mol. The maximum atomic E-state index is 12.3. The number of nitrogens with zero attached hydrogens (tertiary/aromatic N) is 2. The van der Waals surface area contributed by atoms with Gasteiger partial charge in [0.15, 0.2) is 5.78 Å². The molecule has 0 atom stereocenters. The minimum atomic E-state index is 0.0738. The Labute approximate surface area is 125 Å². The van der Waals surface area contributed by atoms with E-state index < -0.39 is 0 Å².